The number of aromatic nitrogens is 3. The van der Waals surface area contributed by atoms with Gasteiger partial charge in [-0.05, 0) is 24.3 Å². The van der Waals surface area contributed by atoms with Crippen molar-refractivity contribution in [2.45, 2.75) is 12.6 Å². The molecule has 0 spiro atoms. The minimum Gasteiger partial charge on any atom is -0.496 e. The highest BCUT2D eigenvalue weighted by Crippen LogP contribution is 2.35. The van der Waals surface area contributed by atoms with E-state index in [0.29, 0.717) is 23.2 Å². The van der Waals surface area contributed by atoms with Crippen molar-refractivity contribution < 1.29 is 27.6 Å². The minimum atomic E-state index is -4.71. The van der Waals surface area contributed by atoms with Gasteiger partial charge in [0, 0.05) is 19.0 Å². The summed E-state index contributed by atoms with van der Waals surface area (Å²) >= 11 is 0. The summed E-state index contributed by atoms with van der Waals surface area (Å²) in [5.74, 6) is 0.439. The van der Waals surface area contributed by atoms with Crippen LogP contribution in [0, 0.1) is 10.1 Å². The van der Waals surface area contributed by atoms with Gasteiger partial charge in [0.2, 0.25) is 11.9 Å². The number of ether oxygens (including phenoxy) is 1. The molecule has 0 radical (unpaired) electrons. The maximum absolute atomic E-state index is 12.8. The van der Waals surface area contributed by atoms with Crippen molar-refractivity contribution >= 4 is 23.2 Å². The molecule has 0 saturated carbocycles. The van der Waals surface area contributed by atoms with E-state index < -0.39 is 28.3 Å². The Kier molecular flexibility index (Phi) is 6.56. The van der Waals surface area contributed by atoms with Gasteiger partial charge in [0.05, 0.1) is 23.2 Å². The monoisotopic (exact) mass is 450 g/mol. The zero-order chi connectivity index (χ0) is 23.3. The maximum atomic E-state index is 12.8. The van der Waals surface area contributed by atoms with E-state index in [1.165, 1.54) is 7.11 Å². The molecule has 0 saturated heterocycles. The van der Waals surface area contributed by atoms with Gasteiger partial charge in [-0.1, -0.05) is 12.1 Å². The molecule has 0 fully saturated rings. The van der Waals surface area contributed by atoms with Gasteiger partial charge in [0.1, 0.15) is 11.4 Å². The Balaban J connectivity index is 1.59. The van der Waals surface area contributed by atoms with Crippen molar-refractivity contribution in [3.05, 3.63) is 58.1 Å². The van der Waals surface area contributed by atoms with E-state index in [-0.39, 0.29) is 24.6 Å². The van der Waals surface area contributed by atoms with Crippen LogP contribution in [0.4, 0.5) is 30.5 Å². The molecule has 3 N–H and O–H groups in total. The molecule has 0 aliphatic carbocycles. The fourth-order valence-corrected chi connectivity index (χ4v) is 2.78. The fourth-order valence-electron chi connectivity index (χ4n) is 2.78. The highest BCUT2D eigenvalue weighted by molar-refractivity contribution is 5.89. The van der Waals surface area contributed by atoms with Crippen LogP contribution in [-0.2, 0) is 11.0 Å². The molecule has 0 bridgehead atoms. The molecule has 0 atom stereocenters. The van der Waals surface area contributed by atoms with Gasteiger partial charge in [-0.3, -0.25) is 25.3 Å². The Morgan fingerprint density at radius 2 is 2.00 bits per heavy atom. The molecule has 3 rings (SSSR count). The molecule has 13 heteroatoms. The third-order valence-electron chi connectivity index (χ3n) is 4.29. The lowest BCUT2D eigenvalue weighted by Crippen LogP contribution is -2.17. The number of hydrogen-bond donors (Lipinski definition) is 3. The minimum absolute atomic E-state index is 0.0106. The normalized spacial score (nSPS) is 11.1. The number of alkyl halides is 3. The van der Waals surface area contributed by atoms with Gasteiger partial charge in [-0.15, -0.1) is 5.10 Å². The van der Waals surface area contributed by atoms with Crippen LogP contribution in [-0.4, -0.2) is 39.7 Å². The van der Waals surface area contributed by atoms with Crippen LogP contribution in [0.25, 0.3) is 11.4 Å². The number of methoxy groups -OCH3 is 1. The van der Waals surface area contributed by atoms with Crippen LogP contribution in [0.15, 0.2) is 42.5 Å². The molecular weight excluding hydrogens is 433 g/mol. The first-order valence-electron chi connectivity index (χ1n) is 9.14. The number of para-hydroxylation sites is 1. The van der Waals surface area contributed by atoms with Crippen molar-refractivity contribution in [2.24, 2.45) is 0 Å². The molecule has 0 aliphatic rings. The molecule has 2 aromatic carbocycles. The summed E-state index contributed by atoms with van der Waals surface area (Å²) in [6.45, 7) is -0.0676. The zero-order valence-electron chi connectivity index (χ0n) is 16.6. The van der Waals surface area contributed by atoms with Crippen LogP contribution in [0.2, 0.25) is 0 Å². The molecule has 1 amide bonds. The maximum Gasteiger partial charge on any atom is 0.416 e. The van der Waals surface area contributed by atoms with E-state index in [1.54, 1.807) is 24.3 Å². The van der Waals surface area contributed by atoms with Crippen LogP contribution < -0.4 is 15.4 Å². The van der Waals surface area contributed by atoms with E-state index in [2.05, 4.69) is 25.8 Å². The lowest BCUT2D eigenvalue weighted by molar-refractivity contribution is -0.384. The van der Waals surface area contributed by atoms with Gasteiger partial charge in [0.15, 0.2) is 5.82 Å². The highest BCUT2D eigenvalue weighted by Gasteiger charge is 2.33. The van der Waals surface area contributed by atoms with Gasteiger partial charge < -0.3 is 10.1 Å². The average Bonchev–Trinajstić information content (AvgIpc) is 3.21. The number of nitrogens with one attached hydrogen (secondary N) is 3. The summed E-state index contributed by atoms with van der Waals surface area (Å²) < 4.78 is 43.5. The molecule has 0 unspecified atom stereocenters. The zero-order valence-corrected chi connectivity index (χ0v) is 16.6. The first-order chi connectivity index (χ1) is 15.2. The summed E-state index contributed by atoms with van der Waals surface area (Å²) in [5.41, 5.74) is -1.37. The Labute approximate surface area is 179 Å². The number of carbonyl (C=O) groups is 1. The van der Waals surface area contributed by atoms with Crippen LogP contribution in [0.3, 0.4) is 0 Å². The number of nitrogens with zero attached hydrogens (tertiary/aromatic N) is 3. The van der Waals surface area contributed by atoms with Gasteiger partial charge >= 0.3 is 6.18 Å². The molecule has 10 nitrogen and oxygen atoms in total. The Morgan fingerprint density at radius 1 is 1.25 bits per heavy atom. The summed E-state index contributed by atoms with van der Waals surface area (Å²) in [6.07, 6.45) is -4.85. The van der Waals surface area contributed by atoms with Crippen LogP contribution in [0.1, 0.15) is 12.0 Å². The van der Waals surface area contributed by atoms with Crippen molar-refractivity contribution in [1.82, 2.24) is 15.2 Å². The van der Waals surface area contributed by atoms with E-state index in [1.807, 2.05) is 0 Å². The second-order valence-corrected chi connectivity index (χ2v) is 6.42. The predicted molar refractivity (Wildman–Crippen MR) is 108 cm³/mol. The molecule has 0 aliphatic heterocycles. The van der Waals surface area contributed by atoms with Crippen molar-refractivity contribution in [3.63, 3.8) is 0 Å². The lowest BCUT2D eigenvalue weighted by atomic mass is 10.1. The SMILES string of the molecule is COc1ccccc1-c1nc(NC(=O)CCNc2ccc(C(F)(F)F)cc2[N+](=O)[O-])n[nH]1. The van der Waals surface area contributed by atoms with E-state index in [0.717, 1.165) is 12.1 Å². The summed E-state index contributed by atoms with van der Waals surface area (Å²) in [5, 5.41) is 22.7. The lowest BCUT2D eigenvalue weighted by Gasteiger charge is -2.10. The summed E-state index contributed by atoms with van der Waals surface area (Å²) in [7, 11) is 1.51. The topological polar surface area (TPSA) is 135 Å². The second kappa shape index (κ2) is 9.32. The van der Waals surface area contributed by atoms with E-state index in [4.69, 9.17) is 4.74 Å². The number of nitro benzene ring substituents is 1. The number of rotatable bonds is 8. The van der Waals surface area contributed by atoms with Crippen molar-refractivity contribution in [2.75, 3.05) is 24.3 Å². The van der Waals surface area contributed by atoms with E-state index in [9.17, 15) is 28.1 Å². The predicted octanol–water partition coefficient (Wildman–Crippen LogP) is 3.85. The number of H-pyrrole nitrogens is 1. The number of halogens is 3. The Hall–Kier alpha value is -4.16. The first-order valence-corrected chi connectivity index (χ1v) is 9.14. The van der Waals surface area contributed by atoms with Crippen LogP contribution >= 0.6 is 0 Å². The number of aromatic amines is 1. The number of anilines is 2. The second-order valence-electron chi connectivity index (χ2n) is 6.42. The quantitative estimate of drug-likeness (QED) is 0.350. The molecular formula is C19H17F3N6O4. The van der Waals surface area contributed by atoms with Gasteiger partial charge in [-0.25, -0.2) is 0 Å². The number of amides is 1. The molecule has 168 valence electrons. The van der Waals surface area contributed by atoms with Crippen molar-refractivity contribution in [1.29, 1.82) is 0 Å². The third kappa shape index (κ3) is 5.30. The standard InChI is InChI=1S/C19H17F3N6O4/c1-32-15-5-3-2-4-12(15)17-25-18(27-26-17)24-16(29)8-9-23-13-7-6-11(19(20,21)22)10-14(13)28(30)31/h2-7,10,23H,8-9H2,1H3,(H2,24,25,26,27,29). The van der Waals surface area contributed by atoms with Crippen LogP contribution in [0.5, 0.6) is 5.75 Å². The average molecular weight is 450 g/mol. The number of hydrogen-bond acceptors (Lipinski definition) is 7. The Bertz CT molecular complexity index is 1130. The number of benzene rings is 2. The Morgan fingerprint density at radius 3 is 2.69 bits per heavy atom. The van der Waals surface area contributed by atoms with E-state index >= 15 is 0 Å². The van der Waals surface area contributed by atoms with Gasteiger partial charge in [0.25, 0.3) is 5.69 Å². The number of carbonyl (C=O) groups excluding carboxylic acids is 1. The molecule has 1 aromatic heterocycles. The highest BCUT2D eigenvalue weighted by atomic mass is 19.4. The molecule has 32 heavy (non-hydrogen) atoms. The smallest absolute Gasteiger partial charge is 0.416 e. The fraction of sp³-hybridized carbons (Fsp3) is 0.211. The largest absolute Gasteiger partial charge is 0.496 e. The first kappa shape index (κ1) is 22.5. The summed E-state index contributed by atoms with van der Waals surface area (Å²) in [6, 6.07) is 9.18. The number of nitro groups is 1. The molecule has 3 aromatic rings. The van der Waals surface area contributed by atoms with Gasteiger partial charge in [-0.2, -0.15) is 18.2 Å². The summed E-state index contributed by atoms with van der Waals surface area (Å²) in [4.78, 5) is 26.5. The molecule has 1 heterocycles. The third-order valence-corrected chi connectivity index (χ3v) is 4.29. The van der Waals surface area contributed by atoms with Crippen molar-refractivity contribution in [3.8, 4) is 17.1 Å².